The van der Waals surface area contributed by atoms with Gasteiger partial charge in [0.05, 0.1) is 46.1 Å². The van der Waals surface area contributed by atoms with Crippen LogP contribution in [0.25, 0.3) is 0 Å². The highest BCUT2D eigenvalue weighted by Gasteiger charge is 2.40. The van der Waals surface area contributed by atoms with Crippen molar-refractivity contribution in [3.63, 3.8) is 0 Å². The first-order valence-corrected chi connectivity index (χ1v) is 29.0. The van der Waals surface area contributed by atoms with Crippen molar-refractivity contribution >= 4 is 101 Å². The molecule has 0 aliphatic heterocycles. The zero-order chi connectivity index (χ0) is 72.3. The maximum Gasteiger partial charge on any atom is 0.450 e. The summed E-state index contributed by atoms with van der Waals surface area (Å²) in [6, 6.07) is 26.9. The SMILES string of the molecule is CC(C)C(=O)C(F)(F)F.CC(C)C(=O)F.CC(C)C(=O)Nc1ccccc1N.CC(C)C(=O)Nc1ccccc1O.CC(C)C(=O)Nc1ccccc1S.CC(C)C(=O)Oc1ccccc1N.CC(C)N(O)C=O.CC(C)SCC(=O)C(F)(F)F.FCC(F)(F)F. The van der Waals surface area contributed by atoms with Crippen molar-refractivity contribution in [3.8, 4) is 11.5 Å². The summed E-state index contributed by atoms with van der Waals surface area (Å²) in [5.41, 5.74) is 14.2. The number of nitrogens with one attached hydrogen (secondary N) is 3. The van der Waals surface area contributed by atoms with Crippen LogP contribution in [-0.2, 0) is 38.4 Å². The summed E-state index contributed by atoms with van der Waals surface area (Å²) in [5, 5.41) is 26.6. The van der Waals surface area contributed by atoms with Gasteiger partial charge in [-0.3, -0.25) is 43.6 Å². The van der Waals surface area contributed by atoms with Gasteiger partial charge in [0, 0.05) is 34.5 Å². The minimum absolute atomic E-state index is 0.00654. The molecule has 0 unspecified atom stereocenters. The molecule has 0 spiro atoms. The third kappa shape index (κ3) is 50.9. The van der Waals surface area contributed by atoms with E-state index in [-0.39, 0.29) is 64.4 Å². The molecule has 4 amide bonds. The van der Waals surface area contributed by atoms with Crippen molar-refractivity contribution in [2.24, 2.45) is 35.5 Å². The molecule has 0 bridgehead atoms. The van der Waals surface area contributed by atoms with Crippen LogP contribution in [0.5, 0.6) is 11.5 Å². The summed E-state index contributed by atoms with van der Waals surface area (Å²) in [5.74, 6) is -5.29. The largest absolute Gasteiger partial charge is 0.506 e. The Balaban J connectivity index is -0.000000309. The molecule has 4 rings (SSSR count). The molecular formula is C61H87F11N6O11S2. The molecule has 0 atom stereocenters. The van der Waals surface area contributed by atoms with Crippen LogP contribution in [0, 0.1) is 35.5 Å². The van der Waals surface area contributed by atoms with E-state index in [9.17, 15) is 91.8 Å². The number of carbonyl (C=O) groups excluding carboxylic acids is 8. The van der Waals surface area contributed by atoms with Crippen LogP contribution in [0.2, 0.25) is 0 Å². The topological polar surface area (TPSA) is 278 Å². The Bertz CT molecular complexity index is 2510. The molecule has 0 aliphatic carbocycles. The third-order valence-corrected chi connectivity index (χ3v) is 11.1. The second kappa shape index (κ2) is 48.3. The highest BCUT2D eigenvalue weighted by atomic mass is 32.2. The molecule has 0 saturated heterocycles. The van der Waals surface area contributed by atoms with Gasteiger partial charge in [0.1, 0.15) is 5.75 Å². The number of para-hydroxylation sites is 7. The lowest BCUT2D eigenvalue weighted by atomic mass is 10.1. The molecule has 0 aliphatic rings. The van der Waals surface area contributed by atoms with E-state index < -0.39 is 60.4 Å². The highest BCUT2D eigenvalue weighted by molar-refractivity contribution is 8.00. The first-order chi connectivity index (χ1) is 41.5. The number of Topliss-reactive ketones (excluding diaryl/α,β-unsaturated/α-hetero) is 2. The monoisotopic (exact) mass is 1350 g/mol. The molecule has 0 saturated carbocycles. The Morgan fingerprint density at radius 2 is 0.923 bits per heavy atom. The van der Waals surface area contributed by atoms with Crippen molar-refractivity contribution in [1.82, 2.24) is 5.06 Å². The summed E-state index contributed by atoms with van der Waals surface area (Å²) in [6.45, 7) is 24.7. The quantitative estimate of drug-likeness (QED) is 0.00525. The zero-order valence-corrected chi connectivity index (χ0v) is 55.2. The second-order valence-electron chi connectivity index (χ2n) is 20.8. The Hall–Kier alpha value is -7.47. The molecule has 4 aromatic carbocycles. The number of hydroxylamine groups is 2. The number of ketones is 2. The van der Waals surface area contributed by atoms with Crippen LogP contribution in [-0.4, -0.2) is 105 Å². The number of ether oxygens (including phenoxy) is 1. The van der Waals surface area contributed by atoms with Crippen molar-refractivity contribution in [2.75, 3.05) is 39.8 Å². The van der Waals surface area contributed by atoms with Crippen LogP contribution in [0.15, 0.2) is 102 Å². The maximum absolute atomic E-state index is 11.5. The Labute approximate surface area is 534 Å². The summed E-state index contributed by atoms with van der Waals surface area (Å²) < 4.78 is 126. The molecule has 91 heavy (non-hydrogen) atoms. The number of nitrogens with zero attached hydrogens (tertiary/aromatic N) is 1. The lowest BCUT2D eigenvalue weighted by Gasteiger charge is -2.10. The van der Waals surface area contributed by atoms with Crippen molar-refractivity contribution in [1.29, 1.82) is 0 Å². The van der Waals surface area contributed by atoms with Crippen molar-refractivity contribution in [3.05, 3.63) is 97.1 Å². The average Bonchev–Trinajstić information content (AvgIpc) is 3.55. The number of rotatable bonds is 15. The van der Waals surface area contributed by atoms with Gasteiger partial charge in [-0.25, -0.2) is 9.45 Å². The highest BCUT2D eigenvalue weighted by Crippen LogP contribution is 2.25. The van der Waals surface area contributed by atoms with E-state index in [0.29, 0.717) is 40.0 Å². The van der Waals surface area contributed by atoms with Crippen LogP contribution in [0.4, 0.5) is 76.7 Å². The van der Waals surface area contributed by atoms with Crippen molar-refractivity contribution in [2.45, 2.75) is 145 Å². The van der Waals surface area contributed by atoms with E-state index >= 15 is 0 Å². The number of hydrogen-bond donors (Lipinski definition) is 8. The Kier molecular flexibility index (Phi) is 49.0. The van der Waals surface area contributed by atoms with Gasteiger partial charge in [-0.1, -0.05) is 145 Å². The number of nitrogen functional groups attached to an aromatic ring is 2. The van der Waals surface area contributed by atoms with E-state index in [2.05, 4.69) is 28.6 Å². The van der Waals surface area contributed by atoms with Gasteiger partial charge in [-0.2, -0.15) is 55.7 Å². The summed E-state index contributed by atoms with van der Waals surface area (Å²) in [7, 11) is 0. The Morgan fingerprint density at radius 1 is 0.560 bits per heavy atom. The number of carbonyl (C=O) groups is 8. The van der Waals surface area contributed by atoms with E-state index in [1.165, 1.54) is 33.8 Å². The number of halogens is 11. The van der Waals surface area contributed by atoms with E-state index in [0.717, 1.165) is 22.3 Å². The van der Waals surface area contributed by atoms with Crippen LogP contribution >= 0.6 is 24.4 Å². The number of thioether (sulfide) groups is 1. The maximum atomic E-state index is 11.5. The number of phenols is 1. The fraction of sp³-hybridized carbons (Fsp3) is 0.475. The van der Waals surface area contributed by atoms with Gasteiger partial charge in [-0.15, -0.1) is 12.6 Å². The van der Waals surface area contributed by atoms with Crippen LogP contribution in [0.1, 0.15) is 111 Å². The van der Waals surface area contributed by atoms with Gasteiger partial charge in [0.15, 0.2) is 12.4 Å². The molecular weight excluding hydrogens is 1270 g/mol. The summed E-state index contributed by atoms with van der Waals surface area (Å²) >= 11 is 5.22. The number of amides is 4. The van der Waals surface area contributed by atoms with Crippen LogP contribution in [0.3, 0.4) is 0 Å². The van der Waals surface area contributed by atoms with E-state index in [4.69, 9.17) is 21.4 Å². The first kappa shape index (κ1) is 92.3. The minimum Gasteiger partial charge on any atom is -0.506 e. The van der Waals surface area contributed by atoms with Gasteiger partial charge in [-0.05, 0) is 67.6 Å². The zero-order valence-electron chi connectivity index (χ0n) is 53.5. The molecule has 516 valence electrons. The number of esters is 1. The lowest BCUT2D eigenvalue weighted by molar-refractivity contribution is -0.174. The first-order valence-electron chi connectivity index (χ1n) is 27.5. The number of hydrogen-bond acceptors (Lipinski definition) is 15. The average molecular weight is 1350 g/mol. The molecule has 17 nitrogen and oxygen atoms in total. The number of aromatic hydroxyl groups is 1. The number of nitrogens with two attached hydrogens (primary N) is 2. The van der Waals surface area contributed by atoms with E-state index in [1.54, 1.807) is 110 Å². The number of thiol groups is 1. The van der Waals surface area contributed by atoms with Gasteiger partial charge < -0.3 is 37.3 Å². The summed E-state index contributed by atoms with van der Waals surface area (Å²) in [6.07, 6.45) is -13.6. The predicted octanol–water partition coefficient (Wildman–Crippen LogP) is 15.2. The summed E-state index contributed by atoms with van der Waals surface area (Å²) in [4.78, 5) is 85.2. The number of anilines is 5. The molecule has 0 radical (unpaired) electrons. The van der Waals surface area contributed by atoms with Crippen molar-refractivity contribution < 1.29 is 102 Å². The Morgan fingerprint density at radius 3 is 1.21 bits per heavy atom. The van der Waals surface area contributed by atoms with Gasteiger partial charge in [0.25, 0.3) is 0 Å². The fourth-order valence-electron chi connectivity index (χ4n) is 4.17. The molecule has 0 aromatic heterocycles. The van der Waals surface area contributed by atoms with Gasteiger partial charge in [0.2, 0.25) is 35.7 Å². The lowest BCUT2D eigenvalue weighted by Crippen LogP contribution is -2.27. The second-order valence-corrected chi connectivity index (χ2v) is 22.8. The normalized spacial score (nSPS) is 10.6. The van der Waals surface area contributed by atoms with Crippen LogP contribution < -0.4 is 32.2 Å². The molecule has 9 N–H and O–H groups in total. The van der Waals surface area contributed by atoms with E-state index in [1.807, 2.05) is 64.1 Å². The number of alkyl halides is 10. The number of benzene rings is 4. The number of phenolic OH excluding ortho intramolecular Hbond substituents is 1. The predicted molar refractivity (Wildman–Crippen MR) is 337 cm³/mol. The molecule has 0 fully saturated rings. The standard InChI is InChI=1S/C10H14N2O.2C10H13NO2.C10H13NOS.C6H9F3OS.C5H7F3O.C4H7FO.C4H9NO2.C2H2F4/c1-7(2)10(13)12-9-6-4-3-5-8(9)11;1-7(2)10(12)13-9-6-4-3-5-8(9)11;1-7(2)10(13)11-8-5-3-4-6-9(8)12;1-7(2)10(12)11-8-5-3-4-6-9(8)13;1-4(2)11-3-5(10)6(7,8)9;1-3(2)4(9)5(6,7)8;1-3(2)4(5)6;1-4(2)5(7)3-6;3-1-2(4,5)6/h3-7H,11H2,1-2H3,(H,12,13);3-7H,11H2,1-2H3;3-7,12H,1-2H3,(H,11,13);3-7,13H,1-2H3,(H,11,12);4H,3H2,1-2H3;3H,1-2H3;3H,1-2H3;3-4,7H,1-2H3;1H2. The smallest absolute Gasteiger partial charge is 0.450 e. The van der Waals surface area contributed by atoms with Gasteiger partial charge >= 0.3 is 30.5 Å². The molecule has 4 aromatic rings. The third-order valence-electron chi connectivity index (χ3n) is 9.63. The minimum atomic E-state index is -4.66. The molecule has 30 heteroatoms. The fourth-order valence-corrected chi connectivity index (χ4v) is 5.04. The molecule has 0 heterocycles.